The summed E-state index contributed by atoms with van der Waals surface area (Å²) in [6.45, 7) is 2.06. The summed E-state index contributed by atoms with van der Waals surface area (Å²) < 4.78 is 0. The Morgan fingerprint density at radius 2 is 2.35 bits per heavy atom. The zero-order valence-corrected chi connectivity index (χ0v) is 12.5. The first-order chi connectivity index (χ1) is 9.61. The van der Waals surface area contributed by atoms with Gasteiger partial charge in [-0.3, -0.25) is 4.79 Å². The van der Waals surface area contributed by atoms with Gasteiger partial charge in [0.1, 0.15) is 0 Å². The Bertz CT molecular complexity index is 505. The van der Waals surface area contributed by atoms with Gasteiger partial charge < -0.3 is 10.6 Å². The molecule has 20 heavy (non-hydrogen) atoms. The average Bonchev–Trinajstić information content (AvgIpc) is 3.00. The lowest BCUT2D eigenvalue weighted by Crippen LogP contribution is -2.42. The van der Waals surface area contributed by atoms with E-state index in [9.17, 15) is 4.79 Å². The third kappa shape index (κ3) is 2.99. The molecule has 2 saturated heterocycles. The molecule has 2 bridgehead atoms. The molecular formula is C16H21ClN2O. The molecule has 0 aliphatic carbocycles. The number of nitrogens with one attached hydrogen (secondary N) is 2. The molecule has 1 aromatic carbocycles. The third-order valence-electron chi connectivity index (χ3n) is 4.46. The van der Waals surface area contributed by atoms with Gasteiger partial charge in [-0.2, -0.15) is 0 Å². The third-order valence-corrected chi connectivity index (χ3v) is 4.69. The second kappa shape index (κ2) is 5.74. The van der Waals surface area contributed by atoms with Crippen LogP contribution in [0.1, 0.15) is 31.7 Å². The van der Waals surface area contributed by atoms with Crippen molar-refractivity contribution in [3.63, 3.8) is 0 Å². The lowest BCUT2D eigenvalue weighted by atomic mass is 9.88. The number of carbonyl (C=O) groups is 1. The summed E-state index contributed by atoms with van der Waals surface area (Å²) in [5, 5.41) is 7.41. The summed E-state index contributed by atoms with van der Waals surface area (Å²) in [4.78, 5) is 12.3. The summed E-state index contributed by atoms with van der Waals surface area (Å²) in [6.07, 6.45) is 4.19. The van der Waals surface area contributed by atoms with Crippen LogP contribution in [-0.2, 0) is 11.2 Å². The second-order valence-electron chi connectivity index (χ2n) is 6.13. The molecule has 0 radical (unpaired) electrons. The molecule has 2 aliphatic rings. The van der Waals surface area contributed by atoms with Gasteiger partial charge in [-0.1, -0.05) is 23.7 Å². The lowest BCUT2D eigenvalue weighted by Gasteiger charge is -2.22. The Hall–Kier alpha value is -1.06. The number of benzene rings is 1. The normalized spacial score (nSPS) is 29.4. The smallest absolute Gasteiger partial charge is 0.224 e. The highest BCUT2D eigenvalue weighted by Crippen LogP contribution is 2.33. The predicted octanol–water partition coefficient (Wildman–Crippen LogP) is 2.53. The highest BCUT2D eigenvalue weighted by atomic mass is 35.5. The van der Waals surface area contributed by atoms with Gasteiger partial charge in [0.25, 0.3) is 0 Å². The van der Waals surface area contributed by atoms with Crippen molar-refractivity contribution in [2.45, 2.75) is 50.7 Å². The fraction of sp³-hybridized carbons (Fsp3) is 0.562. The summed E-state index contributed by atoms with van der Waals surface area (Å²) >= 11 is 5.98. The summed E-state index contributed by atoms with van der Waals surface area (Å²) in [7, 11) is 0. The van der Waals surface area contributed by atoms with Crippen LogP contribution in [0.25, 0.3) is 0 Å². The minimum atomic E-state index is 0.139. The van der Waals surface area contributed by atoms with Crippen LogP contribution in [0.15, 0.2) is 24.3 Å². The number of rotatable bonds is 4. The Kier molecular flexibility index (Phi) is 3.99. The fourth-order valence-electron chi connectivity index (χ4n) is 3.53. The van der Waals surface area contributed by atoms with Gasteiger partial charge in [0.2, 0.25) is 5.91 Å². The van der Waals surface area contributed by atoms with E-state index in [1.807, 2.05) is 24.3 Å². The molecule has 2 aliphatic heterocycles. The Balaban J connectivity index is 1.53. The van der Waals surface area contributed by atoms with Crippen molar-refractivity contribution in [1.82, 2.24) is 10.6 Å². The highest BCUT2D eigenvalue weighted by Gasteiger charge is 2.42. The van der Waals surface area contributed by atoms with Gasteiger partial charge in [-0.05, 0) is 50.3 Å². The molecule has 2 fully saturated rings. The summed E-state index contributed by atoms with van der Waals surface area (Å²) in [6, 6.07) is 8.94. The molecule has 4 atom stereocenters. The maximum absolute atomic E-state index is 12.3. The number of fused-ring (bicyclic) bond motifs is 2. The zero-order valence-electron chi connectivity index (χ0n) is 11.7. The van der Waals surface area contributed by atoms with Gasteiger partial charge in [0, 0.05) is 23.1 Å². The number of halogens is 1. The SMILES string of the molecule is CC(Cc1cccc(Cl)c1)NC(=O)C1CC2CCC1N2. The van der Waals surface area contributed by atoms with Gasteiger partial charge >= 0.3 is 0 Å². The van der Waals surface area contributed by atoms with Crippen LogP contribution in [0.5, 0.6) is 0 Å². The van der Waals surface area contributed by atoms with E-state index < -0.39 is 0 Å². The van der Waals surface area contributed by atoms with E-state index in [1.165, 1.54) is 6.42 Å². The van der Waals surface area contributed by atoms with Crippen molar-refractivity contribution >= 4 is 17.5 Å². The predicted molar refractivity (Wildman–Crippen MR) is 80.8 cm³/mol. The monoisotopic (exact) mass is 292 g/mol. The Morgan fingerprint density at radius 3 is 3.00 bits per heavy atom. The highest BCUT2D eigenvalue weighted by molar-refractivity contribution is 6.30. The molecule has 3 nitrogen and oxygen atoms in total. The topological polar surface area (TPSA) is 41.1 Å². The van der Waals surface area contributed by atoms with Crippen molar-refractivity contribution < 1.29 is 4.79 Å². The van der Waals surface area contributed by atoms with Crippen molar-refractivity contribution in [2.24, 2.45) is 5.92 Å². The molecule has 2 N–H and O–H groups in total. The van der Waals surface area contributed by atoms with Crippen LogP contribution in [0.3, 0.4) is 0 Å². The quantitative estimate of drug-likeness (QED) is 0.895. The van der Waals surface area contributed by atoms with E-state index in [2.05, 4.69) is 17.6 Å². The van der Waals surface area contributed by atoms with Crippen LogP contribution in [0.4, 0.5) is 0 Å². The van der Waals surface area contributed by atoms with Gasteiger partial charge in [0.05, 0.1) is 5.92 Å². The molecule has 2 heterocycles. The number of carbonyl (C=O) groups excluding carboxylic acids is 1. The minimum Gasteiger partial charge on any atom is -0.353 e. The maximum atomic E-state index is 12.3. The van der Waals surface area contributed by atoms with E-state index in [0.29, 0.717) is 12.1 Å². The van der Waals surface area contributed by atoms with Crippen molar-refractivity contribution in [1.29, 1.82) is 0 Å². The van der Waals surface area contributed by atoms with Crippen molar-refractivity contribution in [2.75, 3.05) is 0 Å². The van der Waals surface area contributed by atoms with Gasteiger partial charge in [0.15, 0.2) is 0 Å². The summed E-state index contributed by atoms with van der Waals surface area (Å²) in [5.74, 6) is 0.370. The second-order valence-corrected chi connectivity index (χ2v) is 6.57. The van der Waals surface area contributed by atoms with Crippen molar-refractivity contribution in [3.05, 3.63) is 34.9 Å². The minimum absolute atomic E-state index is 0.139. The van der Waals surface area contributed by atoms with Crippen LogP contribution < -0.4 is 10.6 Å². The largest absolute Gasteiger partial charge is 0.353 e. The molecule has 0 saturated carbocycles. The van der Waals surface area contributed by atoms with E-state index in [4.69, 9.17) is 11.6 Å². The Labute approximate surface area is 125 Å². The van der Waals surface area contributed by atoms with Crippen molar-refractivity contribution in [3.8, 4) is 0 Å². The molecule has 4 heteroatoms. The molecule has 0 spiro atoms. The molecule has 0 aromatic heterocycles. The molecule has 1 aromatic rings. The van der Waals surface area contributed by atoms with E-state index in [1.54, 1.807) is 0 Å². The van der Waals surface area contributed by atoms with E-state index in [-0.39, 0.29) is 17.9 Å². The van der Waals surface area contributed by atoms with Crippen LogP contribution >= 0.6 is 11.6 Å². The maximum Gasteiger partial charge on any atom is 0.224 e. The molecule has 4 unspecified atom stereocenters. The first-order valence-electron chi connectivity index (χ1n) is 7.42. The van der Waals surface area contributed by atoms with Crippen LogP contribution in [0.2, 0.25) is 5.02 Å². The average molecular weight is 293 g/mol. The molecular weight excluding hydrogens is 272 g/mol. The van der Waals surface area contributed by atoms with Crippen LogP contribution in [0, 0.1) is 5.92 Å². The van der Waals surface area contributed by atoms with E-state index >= 15 is 0 Å². The Morgan fingerprint density at radius 1 is 1.50 bits per heavy atom. The van der Waals surface area contributed by atoms with Gasteiger partial charge in [-0.25, -0.2) is 0 Å². The molecule has 3 rings (SSSR count). The number of amides is 1. The van der Waals surface area contributed by atoms with E-state index in [0.717, 1.165) is 29.8 Å². The number of hydrogen-bond acceptors (Lipinski definition) is 2. The first-order valence-corrected chi connectivity index (χ1v) is 7.80. The first kappa shape index (κ1) is 13.9. The lowest BCUT2D eigenvalue weighted by molar-refractivity contribution is -0.126. The fourth-order valence-corrected chi connectivity index (χ4v) is 3.75. The molecule has 1 amide bonds. The van der Waals surface area contributed by atoms with Gasteiger partial charge in [-0.15, -0.1) is 0 Å². The zero-order chi connectivity index (χ0) is 14.1. The standard InChI is InChI=1S/C16H21ClN2O/c1-10(7-11-3-2-4-12(17)8-11)18-16(20)14-9-13-5-6-15(14)19-13/h2-4,8,10,13-15,19H,5-7,9H2,1H3,(H,18,20). The molecule has 108 valence electrons. The number of hydrogen-bond donors (Lipinski definition) is 2. The van der Waals surface area contributed by atoms with Crippen LogP contribution in [-0.4, -0.2) is 24.0 Å². The summed E-state index contributed by atoms with van der Waals surface area (Å²) in [5.41, 5.74) is 1.16.